The van der Waals surface area contributed by atoms with Crippen LogP contribution in [0.15, 0.2) is 0 Å². The van der Waals surface area contributed by atoms with Gasteiger partial charge in [-0.2, -0.15) is 0 Å². The molecule has 0 aromatic heterocycles. The Balaban J connectivity index is 2.31. The zero-order valence-electron chi connectivity index (χ0n) is 12.3. The van der Waals surface area contributed by atoms with Gasteiger partial charge in [-0.3, -0.25) is 15.0 Å². The number of imide groups is 1. The first-order chi connectivity index (χ1) is 8.88. The molecule has 1 rings (SSSR count). The van der Waals surface area contributed by atoms with Crippen molar-refractivity contribution >= 4 is 11.9 Å². The molecule has 0 aliphatic carbocycles. The lowest BCUT2D eigenvalue weighted by Crippen LogP contribution is -2.57. The molecule has 1 aliphatic heterocycles. The van der Waals surface area contributed by atoms with Crippen molar-refractivity contribution in [1.29, 1.82) is 0 Å². The summed E-state index contributed by atoms with van der Waals surface area (Å²) in [6, 6.07) is 0.272. The topological polar surface area (TPSA) is 73.5 Å². The van der Waals surface area contributed by atoms with Gasteiger partial charge in [0, 0.05) is 31.7 Å². The van der Waals surface area contributed by atoms with Gasteiger partial charge in [-0.1, -0.05) is 13.8 Å². The van der Waals surface area contributed by atoms with Crippen molar-refractivity contribution < 1.29 is 9.59 Å². The second kappa shape index (κ2) is 7.45. The molecule has 3 N–H and O–H groups in total. The zero-order chi connectivity index (χ0) is 14.4. The Kier molecular flexibility index (Phi) is 6.24. The van der Waals surface area contributed by atoms with Gasteiger partial charge in [-0.05, 0) is 19.8 Å². The van der Waals surface area contributed by atoms with E-state index in [0.29, 0.717) is 24.5 Å². The SMILES string of the molecule is CC(C)CNC(=O)NC(=O)CN1CC(C)NCC1C. The van der Waals surface area contributed by atoms with Crippen molar-refractivity contribution in [1.82, 2.24) is 20.9 Å². The summed E-state index contributed by atoms with van der Waals surface area (Å²) in [7, 11) is 0. The molecule has 3 amide bonds. The summed E-state index contributed by atoms with van der Waals surface area (Å²) in [5, 5.41) is 8.39. The van der Waals surface area contributed by atoms with Crippen LogP contribution in [-0.4, -0.2) is 55.1 Å². The van der Waals surface area contributed by atoms with E-state index in [2.05, 4.69) is 34.7 Å². The number of piperazine rings is 1. The third-order valence-electron chi connectivity index (χ3n) is 3.16. The molecule has 0 saturated carbocycles. The van der Waals surface area contributed by atoms with Crippen molar-refractivity contribution in [2.24, 2.45) is 5.92 Å². The standard InChI is InChI=1S/C13H26N4O2/c1-9(2)5-15-13(19)16-12(18)8-17-7-10(3)14-6-11(17)4/h9-11,14H,5-8H2,1-4H3,(H2,15,16,18,19). The first kappa shape index (κ1) is 15.9. The molecule has 0 spiro atoms. The van der Waals surface area contributed by atoms with E-state index in [1.165, 1.54) is 0 Å². The number of carbonyl (C=O) groups is 2. The molecule has 0 aromatic rings. The largest absolute Gasteiger partial charge is 0.338 e. The summed E-state index contributed by atoms with van der Waals surface area (Å²) in [5.74, 6) is 0.122. The summed E-state index contributed by atoms with van der Waals surface area (Å²) in [6.45, 7) is 10.7. The second-order valence-corrected chi connectivity index (χ2v) is 5.74. The molecule has 2 unspecified atom stereocenters. The minimum absolute atomic E-state index is 0.248. The lowest BCUT2D eigenvalue weighted by atomic mass is 10.1. The predicted molar refractivity (Wildman–Crippen MR) is 74.9 cm³/mol. The molecule has 2 atom stereocenters. The number of urea groups is 1. The van der Waals surface area contributed by atoms with Crippen LogP contribution in [-0.2, 0) is 4.79 Å². The molecule has 1 fully saturated rings. The Morgan fingerprint density at radius 3 is 2.68 bits per heavy atom. The van der Waals surface area contributed by atoms with Gasteiger partial charge in [0.15, 0.2) is 0 Å². The van der Waals surface area contributed by atoms with Crippen molar-refractivity contribution in [3.8, 4) is 0 Å². The minimum Gasteiger partial charge on any atom is -0.338 e. The Hall–Kier alpha value is -1.14. The van der Waals surface area contributed by atoms with E-state index < -0.39 is 6.03 Å². The van der Waals surface area contributed by atoms with Crippen LogP contribution in [0.3, 0.4) is 0 Å². The van der Waals surface area contributed by atoms with Gasteiger partial charge in [0.1, 0.15) is 0 Å². The van der Waals surface area contributed by atoms with Crippen LogP contribution in [0.1, 0.15) is 27.7 Å². The van der Waals surface area contributed by atoms with Crippen LogP contribution in [0.5, 0.6) is 0 Å². The van der Waals surface area contributed by atoms with Gasteiger partial charge in [-0.15, -0.1) is 0 Å². The van der Waals surface area contributed by atoms with E-state index in [1.807, 2.05) is 13.8 Å². The second-order valence-electron chi connectivity index (χ2n) is 5.74. The Labute approximate surface area is 115 Å². The van der Waals surface area contributed by atoms with Crippen LogP contribution >= 0.6 is 0 Å². The first-order valence-corrected chi connectivity index (χ1v) is 6.93. The van der Waals surface area contributed by atoms with E-state index in [0.717, 1.165) is 13.1 Å². The smallest absolute Gasteiger partial charge is 0.321 e. The molecule has 1 aliphatic rings. The predicted octanol–water partition coefficient (Wildman–Crippen LogP) is 0.150. The fraction of sp³-hybridized carbons (Fsp3) is 0.846. The van der Waals surface area contributed by atoms with Crippen LogP contribution in [0.2, 0.25) is 0 Å². The van der Waals surface area contributed by atoms with Gasteiger partial charge in [-0.25, -0.2) is 4.79 Å². The average Bonchev–Trinajstić information content (AvgIpc) is 2.31. The van der Waals surface area contributed by atoms with Crippen molar-refractivity contribution in [3.05, 3.63) is 0 Å². The summed E-state index contributed by atoms with van der Waals surface area (Å²) in [6.07, 6.45) is 0. The summed E-state index contributed by atoms with van der Waals surface area (Å²) < 4.78 is 0. The molecular formula is C13H26N4O2. The van der Waals surface area contributed by atoms with Gasteiger partial charge in [0.05, 0.1) is 6.54 Å². The van der Waals surface area contributed by atoms with Crippen LogP contribution in [0.25, 0.3) is 0 Å². The Morgan fingerprint density at radius 2 is 2.05 bits per heavy atom. The van der Waals surface area contributed by atoms with E-state index in [4.69, 9.17) is 0 Å². The molecule has 6 nitrogen and oxygen atoms in total. The van der Waals surface area contributed by atoms with Gasteiger partial charge in [0.25, 0.3) is 0 Å². The number of nitrogens with one attached hydrogen (secondary N) is 3. The fourth-order valence-electron chi connectivity index (χ4n) is 2.01. The Morgan fingerprint density at radius 1 is 1.37 bits per heavy atom. The molecular weight excluding hydrogens is 244 g/mol. The monoisotopic (exact) mass is 270 g/mol. The quantitative estimate of drug-likeness (QED) is 0.680. The highest BCUT2D eigenvalue weighted by molar-refractivity contribution is 5.95. The van der Waals surface area contributed by atoms with Crippen molar-refractivity contribution in [2.45, 2.75) is 39.8 Å². The molecule has 1 heterocycles. The van der Waals surface area contributed by atoms with E-state index in [9.17, 15) is 9.59 Å². The maximum Gasteiger partial charge on any atom is 0.321 e. The number of nitrogens with zero attached hydrogens (tertiary/aromatic N) is 1. The lowest BCUT2D eigenvalue weighted by Gasteiger charge is -2.36. The van der Waals surface area contributed by atoms with Gasteiger partial charge < -0.3 is 10.6 Å². The molecule has 0 aromatic carbocycles. The maximum absolute atomic E-state index is 11.8. The van der Waals surface area contributed by atoms with E-state index in [1.54, 1.807) is 0 Å². The summed E-state index contributed by atoms with van der Waals surface area (Å²) >= 11 is 0. The van der Waals surface area contributed by atoms with Crippen LogP contribution in [0, 0.1) is 5.92 Å². The average molecular weight is 270 g/mol. The van der Waals surface area contributed by atoms with E-state index >= 15 is 0 Å². The van der Waals surface area contributed by atoms with Crippen molar-refractivity contribution in [2.75, 3.05) is 26.2 Å². The summed E-state index contributed by atoms with van der Waals surface area (Å²) in [4.78, 5) is 25.3. The number of carbonyl (C=O) groups excluding carboxylic acids is 2. The maximum atomic E-state index is 11.8. The number of hydrogen-bond donors (Lipinski definition) is 3. The minimum atomic E-state index is -0.408. The van der Waals surface area contributed by atoms with E-state index in [-0.39, 0.29) is 12.5 Å². The third kappa shape index (κ3) is 6.02. The first-order valence-electron chi connectivity index (χ1n) is 6.93. The highest BCUT2D eigenvalue weighted by Crippen LogP contribution is 2.05. The number of rotatable bonds is 4. The molecule has 6 heteroatoms. The molecule has 0 radical (unpaired) electrons. The highest BCUT2D eigenvalue weighted by atomic mass is 16.2. The Bertz CT molecular complexity index is 320. The van der Waals surface area contributed by atoms with Crippen LogP contribution in [0.4, 0.5) is 4.79 Å². The van der Waals surface area contributed by atoms with Gasteiger partial charge in [0.2, 0.25) is 5.91 Å². The van der Waals surface area contributed by atoms with Gasteiger partial charge >= 0.3 is 6.03 Å². The fourth-order valence-corrected chi connectivity index (χ4v) is 2.01. The normalized spacial score (nSPS) is 24.3. The number of hydrogen-bond acceptors (Lipinski definition) is 4. The third-order valence-corrected chi connectivity index (χ3v) is 3.16. The molecule has 0 bridgehead atoms. The number of amides is 3. The molecule has 19 heavy (non-hydrogen) atoms. The lowest BCUT2D eigenvalue weighted by molar-refractivity contribution is -0.122. The zero-order valence-corrected chi connectivity index (χ0v) is 12.3. The molecule has 110 valence electrons. The highest BCUT2D eigenvalue weighted by Gasteiger charge is 2.24. The summed E-state index contributed by atoms with van der Waals surface area (Å²) in [5.41, 5.74) is 0. The molecule has 1 saturated heterocycles. The van der Waals surface area contributed by atoms with Crippen molar-refractivity contribution in [3.63, 3.8) is 0 Å². The van der Waals surface area contributed by atoms with Crippen LogP contribution < -0.4 is 16.0 Å².